The molecule has 1 aromatic rings. The van der Waals surface area contributed by atoms with Crippen molar-refractivity contribution in [3.63, 3.8) is 0 Å². The van der Waals surface area contributed by atoms with E-state index < -0.39 is 17.2 Å². The summed E-state index contributed by atoms with van der Waals surface area (Å²) in [6.45, 7) is -0.0705. The molecule has 1 fully saturated rings. The number of fused-ring (bicyclic) bond motifs is 1. The normalized spacial score (nSPS) is 19.1. The Hall–Kier alpha value is -1.98. The van der Waals surface area contributed by atoms with Crippen molar-refractivity contribution in [3.8, 4) is 17.2 Å². The van der Waals surface area contributed by atoms with Crippen LogP contribution >= 0.6 is 0 Å². The monoisotopic (exact) mass is 282 g/mol. The zero-order chi connectivity index (χ0) is 14.3. The molecule has 0 atom stereocenters. The number of methoxy groups -OCH3 is 1. The van der Waals surface area contributed by atoms with Gasteiger partial charge in [0.1, 0.15) is 0 Å². The minimum Gasteiger partial charge on any atom is -0.493 e. The Morgan fingerprint density at radius 3 is 2.70 bits per heavy atom. The fraction of sp³-hybridized carbons (Fsp3) is 0.500. The molecule has 0 amide bonds. The average Bonchev–Trinajstić information content (AvgIpc) is 3.08. The van der Waals surface area contributed by atoms with Crippen molar-refractivity contribution in [2.24, 2.45) is 0 Å². The summed E-state index contributed by atoms with van der Waals surface area (Å²) in [4.78, 5) is 11.8. The van der Waals surface area contributed by atoms with Crippen LogP contribution in [-0.4, -0.2) is 25.0 Å². The second kappa shape index (κ2) is 4.54. The minimum atomic E-state index is -1.10. The molecular weight excluding hydrogens is 267 g/mol. The van der Waals surface area contributed by atoms with Crippen LogP contribution in [0.3, 0.4) is 0 Å². The van der Waals surface area contributed by atoms with E-state index in [2.05, 4.69) is 0 Å². The first-order chi connectivity index (χ1) is 9.60. The van der Waals surface area contributed by atoms with E-state index in [9.17, 15) is 14.3 Å². The first-order valence-electron chi connectivity index (χ1n) is 6.50. The maximum Gasteiger partial charge on any atom is 0.314 e. The number of hydrogen-bond donors (Lipinski definition) is 1. The predicted octanol–water partition coefficient (Wildman–Crippen LogP) is 2.46. The fourth-order valence-corrected chi connectivity index (χ4v) is 3.12. The Bertz CT molecular complexity index is 563. The molecule has 1 N–H and O–H groups in total. The first kappa shape index (κ1) is 13.0. The molecule has 108 valence electrons. The molecule has 6 heteroatoms. The Morgan fingerprint density at radius 1 is 1.40 bits per heavy atom. The second-order valence-corrected chi connectivity index (χ2v) is 5.10. The number of aliphatic carboxylic acids is 1. The van der Waals surface area contributed by atoms with Gasteiger partial charge in [0.2, 0.25) is 18.4 Å². The zero-order valence-corrected chi connectivity index (χ0v) is 11.1. The molecule has 0 saturated heterocycles. The van der Waals surface area contributed by atoms with Gasteiger partial charge in [-0.05, 0) is 18.9 Å². The summed E-state index contributed by atoms with van der Waals surface area (Å²) in [6, 6.07) is 1.55. The number of carbonyl (C=O) groups is 1. The Labute approximate surface area is 115 Å². The van der Waals surface area contributed by atoms with E-state index in [-0.39, 0.29) is 24.0 Å². The van der Waals surface area contributed by atoms with Crippen molar-refractivity contribution in [1.29, 1.82) is 0 Å². The molecule has 0 bridgehead atoms. The molecule has 20 heavy (non-hydrogen) atoms. The van der Waals surface area contributed by atoms with E-state index in [1.807, 2.05) is 0 Å². The lowest BCUT2D eigenvalue weighted by molar-refractivity contribution is -0.143. The number of benzene rings is 1. The summed E-state index contributed by atoms with van der Waals surface area (Å²) in [5.74, 6) is -1.47. The van der Waals surface area contributed by atoms with Crippen LogP contribution in [0.5, 0.6) is 17.2 Å². The molecule has 0 spiro atoms. The van der Waals surface area contributed by atoms with Crippen molar-refractivity contribution in [3.05, 3.63) is 17.4 Å². The number of rotatable bonds is 3. The third kappa shape index (κ3) is 1.63. The highest BCUT2D eigenvalue weighted by atomic mass is 19.1. The average molecular weight is 282 g/mol. The van der Waals surface area contributed by atoms with Crippen molar-refractivity contribution in [1.82, 2.24) is 0 Å². The highest BCUT2D eigenvalue weighted by Crippen LogP contribution is 2.50. The number of hydrogen-bond acceptors (Lipinski definition) is 4. The summed E-state index contributed by atoms with van der Waals surface area (Å²) in [6.07, 6.45) is 2.53. The summed E-state index contributed by atoms with van der Waals surface area (Å²) in [5, 5.41) is 9.63. The molecular formula is C14H15FO5. The van der Waals surface area contributed by atoms with E-state index in [4.69, 9.17) is 14.2 Å². The van der Waals surface area contributed by atoms with Gasteiger partial charge in [0.15, 0.2) is 11.5 Å². The van der Waals surface area contributed by atoms with E-state index in [1.54, 1.807) is 6.07 Å². The first-order valence-corrected chi connectivity index (χ1v) is 6.50. The third-order valence-corrected chi connectivity index (χ3v) is 4.15. The lowest BCUT2D eigenvalue weighted by Gasteiger charge is -2.26. The molecule has 0 aromatic heterocycles. The quantitative estimate of drug-likeness (QED) is 0.922. The van der Waals surface area contributed by atoms with Crippen molar-refractivity contribution in [2.75, 3.05) is 13.9 Å². The van der Waals surface area contributed by atoms with E-state index >= 15 is 0 Å². The van der Waals surface area contributed by atoms with Crippen LogP contribution in [0.25, 0.3) is 0 Å². The van der Waals surface area contributed by atoms with Crippen LogP contribution in [0.2, 0.25) is 0 Å². The SMILES string of the molecule is COc1c(C2(C(=O)O)CCCC2)cc2c(c1F)OCO2. The van der Waals surface area contributed by atoms with Gasteiger partial charge in [-0.25, -0.2) is 0 Å². The van der Waals surface area contributed by atoms with Gasteiger partial charge >= 0.3 is 5.97 Å². The number of ether oxygens (including phenoxy) is 3. The van der Waals surface area contributed by atoms with Crippen molar-refractivity contribution in [2.45, 2.75) is 31.1 Å². The van der Waals surface area contributed by atoms with Crippen LogP contribution in [0.15, 0.2) is 6.07 Å². The van der Waals surface area contributed by atoms with Crippen LogP contribution in [0.1, 0.15) is 31.2 Å². The molecule has 1 aromatic carbocycles. The summed E-state index contributed by atoms with van der Waals surface area (Å²) in [7, 11) is 1.33. The lowest BCUT2D eigenvalue weighted by Crippen LogP contribution is -2.33. The lowest BCUT2D eigenvalue weighted by atomic mass is 9.78. The van der Waals surface area contributed by atoms with E-state index in [0.29, 0.717) is 18.4 Å². The van der Waals surface area contributed by atoms with Gasteiger partial charge in [-0.2, -0.15) is 4.39 Å². The Balaban J connectivity index is 2.22. The highest BCUT2D eigenvalue weighted by Gasteiger charge is 2.46. The highest BCUT2D eigenvalue weighted by molar-refractivity contribution is 5.83. The predicted molar refractivity (Wildman–Crippen MR) is 66.9 cm³/mol. The van der Waals surface area contributed by atoms with Crippen molar-refractivity contribution >= 4 is 5.97 Å². The Kier molecular flexibility index (Phi) is 2.96. The minimum absolute atomic E-state index is 0.0101. The largest absolute Gasteiger partial charge is 0.493 e. The number of carboxylic acids is 1. The summed E-state index contributed by atoms with van der Waals surface area (Å²) >= 11 is 0. The van der Waals surface area contributed by atoms with Gasteiger partial charge < -0.3 is 19.3 Å². The topological polar surface area (TPSA) is 65.0 Å². The summed E-state index contributed by atoms with van der Waals surface area (Å²) < 4.78 is 29.8. The fourth-order valence-electron chi connectivity index (χ4n) is 3.12. The maximum atomic E-state index is 14.4. The molecule has 1 saturated carbocycles. The van der Waals surface area contributed by atoms with E-state index in [1.165, 1.54) is 7.11 Å². The molecule has 0 unspecified atom stereocenters. The van der Waals surface area contributed by atoms with Gasteiger partial charge in [0.05, 0.1) is 12.5 Å². The van der Waals surface area contributed by atoms with Gasteiger partial charge in [-0.15, -0.1) is 0 Å². The van der Waals surface area contributed by atoms with E-state index in [0.717, 1.165) is 12.8 Å². The summed E-state index contributed by atoms with van der Waals surface area (Å²) in [5.41, 5.74) is -0.764. The number of carboxylic acid groups (broad SMARTS) is 1. The molecule has 1 aliphatic heterocycles. The van der Waals surface area contributed by atoms with Crippen molar-refractivity contribution < 1.29 is 28.5 Å². The zero-order valence-electron chi connectivity index (χ0n) is 11.1. The maximum absolute atomic E-state index is 14.4. The van der Waals surface area contributed by atoms with Crippen LogP contribution in [-0.2, 0) is 10.2 Å². The number of halogens is 1. The van der Waals surface area contributed by atoms with Gasteiger partial charge in [0.25, 0.3) is 0 Å². The van der Waals surface area contributed by atoms with Gasteiger partial charge in [-0.1, -0.05) is 12.8 Å². The molecule has 1 aliphatic carbocycles. The van der Waals surface area contributed by atoms with Crippen LogP contribution < -0.4 is 14.2 Å². The molecule has 0 radical (unpaired) electrons. The molecule has 3 rings (SSSR count). The van der Waals surface area contributed by atoms with Gasteiger partial charge in [0, 0.05) is 5.56 Å². The smallest absolute Gasteiger partial charge is 0.314 e. The third-order valence-electron chi connectivity index (χ3n) is 4.15. The van der Waals surface area contributed by atoms with Crippen LogP contribution in [0.4, 0.5) is 4.39 Å². The van der Waals surface area contributed by atoms with Crippen LogP contribution in [0, 0.1) is 5.82 Å². The second-order valence-electron chi connectivity index (χ2n) is 5.10. The standard InChI is InChI=1S/C14H15FO5/c1-18-11-8(14(13(16)17)4-2-3-5-14)6-9-12(10(11)15)20-7-19-9/h6H,2-5,7H2,1H3,(H,16,17). The molecule has 5 nitrogen and oxygen atoms in total. The molecule has 1 heterocycles. The Morgan fingerprint density at radius 2 is 2.10 bits per heavy atom. The molecule has 2 aliphatic rings. The van der Waals surface area contributed by atoms with Gasteiger partial charge in [-0.3, -0.25) is 4.79 Å².